The molecule has 0 atom stereocenters. The smallest absolute Gasteiger partial charge is 0.205 e. The van der Waals surface area contributed by atoms with Gasteiger partial charge in [0.05, 0.1) is 5.52 Å². The molecule has 0 radical (unpaired) electrons. The first kappa shape index (κ1) is 12.5. The topological polar surface area (TPSA) is 50.7 Å². The fourth-order valence-electron chi connectivity index (χ4n) is 1.88. The first-order valence-electron chi connectivity index (χ1n) is 5.80. The number of aryl methyl sites for hydroxylation is 1. The minimum absolute atomic E-state index is 0.690. The van der Waals surface area contributed by atoms with E-state index in [0.29, 0.717) is 6.54 Å². The SMILES string of the molecule is Cc1nnc(NCc2ccc(Br)c3cccnc23)s1. The van der Waals surface area contributed by atoms with Gasteiger partial charge in [-0.25, -0.2) is 0 Å². The molecular weight excluding hydrogens is 324 g/mol. The summed E-state index contributed by atoms with van der Waals surface area (Å²) in [5.41, 5.74) is 2.15. The van der Waals surface area contributed by atoms with Crippen molar-refractivity contribution in [3.8, 4) is 0 Å². The number of halogens is 1. The summed E-state index contributed by atoms with van der Waals surface area (Å²) in [6.07, 6.45) is 1.81. The van der Waals surface area contributed by atoms with Crippen LogP contribution < -0.4 is 5.32 Å². The zero-order valence-corrected chi connectivity index (χ0v) is 12.6. The summed E-state index contributed by atoms with van der Waals surface area (Å²) in [5.74, 6) is 0. The van der Waals surface area contributed by atoms with E-state index in [1.807, 2.05) is 25.3 Å². The molecule has 1 aromatic carbocycles. The third-order valence-corrected chi connectivity index (χ3v) is 4.24. The van der Waals surface area contributed by atoms with Crippen LogP contribution in [0, 0.1) is 6.92 Å². The lowest BCUT2D eigenvalue weighted by atomic mass is 10.1. The normalized spacial score (nSPS) is 10.8. The lowest BCUT2D eigenvalue weighted by Crippen LogP contribution is -2.00. The molecule has 0 unspecified atom stereocenters. The van der Waals surface area contributed by atoms with Crippen LogP contribution in [0.5, 0.6) is 0 Å². The van der Waals surface area contributed by atoms with Gasteiger partial charge in [-0.15, -0.1) is 10.2 Å². The summed E-state index contributed by atoms with van der Waals surface area (Å²) in [4.78, 5) is 4.46. The number of fused-ring (bicyclic) bond motifs is 1. The molecule has 0 saturated heterocycles. The van der Waals surface area contributed by atoms with Crippen LogP contribution in [-0.4, -0.2) is 15.2 Å². The molecular formula is C13H11BrN4S. The lowest BCUT2D eigenvalue weighted by Gasteiger charge is -2.07. The molecule has 0 aliphatic rings. The second kappa shape index (κ2) is 5.22. The van der Waals surface area contributed by atoms with Gasteiger partial charge < -0.3 is 5.32 Å². The third-order valence-electron chi connectivity index (χ3n) is 2.76. The molecule has 0 fully saturated rings. The number of hydrogen-bond acceptors (Lipinski definition) is 5. The van der Waals surface area contributed by atoms with Crippen LogP contribution in [0.2, 0.25) is 0 Å². The van der Waals surface area contributed by atoms with Gasteiger partial charge in [0.2, 0.25) is 5.13 Å². The van der Waals surface area contributed by atoms with E-state index in [1.165, 1.54) is 0 Å². The quantitative estimate of drug-likeness (QED) is 0.792. The largest absolute Gasteiger partial charge is 0.356 e. The molecule has 1 N–H and O–H groups in total. The first-order chi connectivity index (χ1) is 9.24. The molecule has 0 spiro atoms. The van der Waals surface area contributed by atoms with Crippen LogP contribution in [-0.2, 0) is 6.54 Å². The molecule has 0 aliphatic heterocycles. The molecule has 0 bridgehead atoms. The van der Waals surface area contributed by atoms with E-state index in [4.69, 9.17) is 0 Å². The Bertz CT molecular complexity index is 725. The van der Waals surface area contributed by atoms with Crippen LogP contribution in [0.1, 0.15) is 10.6 Å². The third kappa shape index (κ3) is 2.59. The van der Waals surface area contributed by atoms with Crippen molar-refractivity contribution in [2.75, 3.05) is 5.32 Å². The molecule has 3 aromatic rings. The lowest BCUT2D eigenvalue weighted by molar-refractivity contribution is 1.03. The summed E-state index contributed by atoms with van der Waals surface area (Å²) in [6, 6.07) is 8.12. The van der Waals surface area contributed by atoms with Crippen molar-refractivity contribution in [2.45, 2.75) is 13.5 Å². The molecule has 19 heavy (non-hydrogen) atoms. The zero-order chi connectivity index (χ0) is 13.2. The summed E-state index contributed by atoms with van der Waals surface area (Å²) in [6.45, 7) is 2.63. The van der Waals surface area contributed by atoms with Gasteiger partial charge in [-0.3, -0.25) is 4.98 Å². The molecule has 96 valence electrons. The number of benzene rings is 1. The predicted octanol–water partition coefficient (Wildman–Crippen LogP) is 3.77. The first-order valence-corrected chi connectivity index (χ1v) is 7.41. The fourth-order valence-corrected chi connectivity index (χ4v) is 2.92. The highest BCUT2D eigenvalue weighted by molar-refractivity contribution is 9.10. The van der Waals surface area contributed by atoms with Gasteiger partial charge in [0.1, 0.15) is 5.01 Å². The fraction of sp³-hybridized carbons (Fsp3) is 0.154. The summed E-state index contributed by atoms with van der Waals surface area (Å²) < 4.78 is 1.06. The van der Waals surface area contributed by atoms with Gasteiger partial charge in [0.15, 0.2) is 0 Å². The molecule has 2 heterocycles. The van der Waals surface area contributed by atoms with Crippen molar-refractivity contribution in [1.82, 2.24) is 15.2 Å². The van der Waals surface area contributed by atoms with E-state index in [2.05, 4.69) is 48.6 Å². The van der Waals surface area contributed by atoms with Crippen LogP contribution >= 0.6 is 27.3 Å². The molecule has 3 rings (SSSR count). The number of pyridine rings is 1. The van der Waals surface area contributed by atoms with Crippen molar-refractivity contribution in [3.63, 3.8) is 0 Å². The Hall–Kier alpha value is -1.53. The van der Waals surface area contributed by atoms with Gasteiger partial charge >= 0.3 is 0 Å². The molecule has 0 saturated carbocycles. The zero-order valence-electron chi connectivity index (χ0n) is 10.2. The van der Waals surface area contributed by atoms with Crippen molar-refractivity contribution in [2.24, 2.45) is 0 Å². The predicted molar refractivity (Wildman–Crippen MR) is 81.4 cm³/mol. The van der Waals surface area contributed by atoms with Crippen LogP contribution in [0.15, 0.2) is 34.9 Å². The van der Waals surface area contributed by atoms with Gasteiger partial charge in [0, 0.05) is 22.6 Å². The van der Waals surface area contributed by atoms with Gasteiger partial charge in [-0.1, -0.05) is 39.4 Å². The maximum Gasteiger partial charge on any atom is 0.205 e. The van der Waals surface area contributed by atoms with E-state index in [0.717, 1.165) is 31.1 Å². The number of anilines is 1. The maximum absolute atomic E-state index is 4.46. The van der Waals surface area contributed by atoms with E-state index >= 15 is 0 Å². The van der Waals surface area contributed by atoms with Crippen LogP contribution in [0.25, 0.3) is 10.9 Å². The van der Waals surface area contributed by atoms with Gasteiger partial charge in [-0.05, 0) is 24.6 Å². The second-order valence-electron chi connectivity index (χ2n) is 4.09. The number of hydrogen-bond donors (Lipinski definition) is 1. The Morgan fingerprint density at radius 1 is 1.26 bits per heavy atom. The standard InChI is InChI=1S/C13H11BrN4S/c1-8-17-18-13(19-8)16-7-9-4-5-11(14)10-3-2-6-15-12(9)10/h2-6H,7H2,1H3,(H,16,18). The average Bonchev–Trinajstić information content (AvgIpc) is 2.84. The molecule has 4 nitrogen and oxygen atoms in total. The maximum atomic E-state index is 4.46. The summed E-state index contributed by atoms with van der Waals surface area (Å²) >= 11 is 5.10. The average molecular weight is 335 g/mol. The number of nitrogens with zero attached hydrogens (tertiary/aromatic N) is 3. The van der Waals surface area contributed by atoms with Gasteiger partial charge in [-0.2, -0.15) is 0 Å². The Kier molecular flexibility index (Phi) is 3.44. The molecule has 6 heteroatoms. The second-order valence-corrected chi connectivity index (χ2v) is 6.12. The van der Waals surface area contributed by atoms with E-state index < -0.39 is 0 Å². The van der Waals surface area contributed by atoms with E-state index in [-0.39, 0.29) is 0 Å². The van der Waals surface area contributed by atoms with Crippen molar-refractivity contribution in [3.05, 3.63) is 45.5 Å². The number of rotatable bonds is 3. The Balaban J connectivity index is 1.91. The Morgan fingerprint density at radius 2 is 2.16 bits per heavy atom. The van der Waals surface area contributed by atoms with Crippen molar-refractivity contribution < 1.29 is 0 Å². The monoisotopic (exact) mass is 334 g/mol. The summed E-state index contributed by atoms with van der Waals surface area (Å²) in [5, 5.41) is 14.2. The van der Waals surface area contributed by atoms with E-state index in [1.54, 1.807) is 11.3 Å². The van der Waals surface area contributed by atoms with Crippen molar-refractivity contribution in [1.29, 1.82) is 0 Å². The van der Waals surface area contributed by atoms with E-state index in [9.17, 15) is 0 Å². The Morgan fingerprint density at radius 3 is 2.95 bits per heavy atom. The highest BCUT2D eigenvalue weighted by Crippen LogP contribution is 2.26. The molecule has 0 aliphatic carbocycles. The minimum atomic E-state index is 0.690. The number of nitrogens with one attached hydrogen (secondary N) is 1. The highest BCUT2D eigenvalue weighted by atomic mass is 79.9. The Labute approximate surface area is 123 Å². The minimum Gasteiger partial charge on any atom is -0.356 e. The summed E-state index contributed by atoms with van der Waals surface area (Å²) in [7, 11) is 0. The molecule has 0 amide bonds. The molecule has 2 aromatic heterocycles. The highest BCUT2D eigenvalue weighted by Gasteiger charge is 2.06. The van der Waals surface area contributed by atoms with Crippen LogP contribution in [0.4, 0.5) is 5.13 Å². The van der Waals surface area contributed by atoms with Gasteiger partial charge in [0.25, 0.3) is 0 Å². The van der Waals surface area contributed by atoms with Crippen molar-refractivity contribution >= 4 is 43.3 Å². The van der Waals surface area contributed by atoms with Crippen LogP contribution in [0.3, 0.4) is 0 Å². The number of aromatic nitrogens is 3.